The number of rotatable bonds is 5. The van der Waals surface area contributed by atoms with Crippen LogP contribution < -0.4 is 0 Å². The summed E-state index contributed by atoms with van der Waals surface area (Å²) in [5, 5.41) is -2.32. The van der Waals surface area contributed by atoms with Crippen molar-refractivity contribution < 1.29 is 13.2 Å². The Morgan fingerprint density at radius 2 is 1.67 bits per heavy atom. The Kier molecular flexibility index (Phi) is 5.49. The van der Waals surface area contributed by atoms with Gasteiger partial charge in [0.05, 0.1) is 0 Å². The molecule has 0 aliphatic carbocycles. The van der Waals surface area contributed by atoms with Gasteiger partial charge in [-0.1, -0.05) is 27.5 Å². The molecule has 0 unspecified atom stereocenters. The molecule has 0 saturated carbocycles. The van der Waals surface area contributed by atoms with Crippen LogP contribution in [0.25, 0.3) is 0 Å². The highest BCUT2D eigenvalue weighted by atomic mass is 79.9. The third-order valence-electron chi connectivity index (χ3n) is 1.29. The van der Waals surface area contributed by atoms with Crippen LogP contribution in [0.3, 0.4) is 0 Å². The van der Waals surface area contributed by atoms with Crippen molar-refractivity contribution in [3.05, 3.63) is 0 Å². The van der Waals surface area contributed by atoms with Crippen LogP contribution in [-0.4, -0.2) is 15.3 Å². The van der Waals surface area contributed by atoms with Crippen molar-refractivity contribution in [2.45, 2.75) is 29.2 Å². The fourth-order valence-electron chi connectivity index (χ4n) is 0.583. The van der Waals surface area contributed by atoms with E-state index in [0.717, 1.165) is 0 Å². The summed E-state index contributed by atoms with van der Waals surface area (Å²) in [4.78, 5) is -3.66. The average Bonchev–Trinajstić information content (AvgIpc) is 1.85. The summed E-state index contributed by atoms with van der Waals surface area (Å²) in [6.45, 7) is 0. The molecule has 0 N–H and O–H groups in total. The van der Waals surface area contributed by atoms with Crippen LogP contribution in [0, 0.1) is 0 Å². The zero-order chi connectivity index (χ0) is 9.83. The van der Waals surface area contributed by atoms with E-state index in [-0.39, 0.29) is 6.42 Å². The van der Waals surface area contributed by atoms with E-state index in [0.29, 0.717) is 18.2 Å². The Balaban J connectivity index is 3.88. The first-order valence-corrected chi connectivity index (χ1v) is 5.61. The van der Waals surface area contributed by atoms with Crippen molar-refractivity contribution in [2.24, 2.45) is 0 Å². The van der Waals surface area contributed by atoms with E-state index in [1.807, 2.05) is 15.9 Å². The lowest BCUT2D eigenvalue weighted by Crippen LogP contribution is -2.33. The summed E-state index contributed by atoms with van der Waals surface area (Å²) in [6.07, 6.45) is 0.590. The van der Waals surface area contributed by atoms with E-state index in [1.165, 1.54) is 0 Å². The largest absolute Gasteiger partial charge is 0.348 e. The fourth-order valence-corrected chi connectivity index (χ4v) is 1.31. The minimum Gasteiger partial charge on any atom is -0.218 e. The standard InChI is InChI=1S/C6H8Br2ClF3/c7-4-2-1-3-5(9,10)6(8,11)12/h1-4H2/t5-/m1/s1. The molecule has 0 nitrogen and oxygen atoms in total. The molecule has 0 bridgehead atoms. The van der Waals surface area contributed by atoms with Crippen LogP contribution in [0.5, 0.6) is 0 Å². The fraction of sp³-hybridized carbons (Fsp3) is 1.00. The van der Waals surface area contributed by atoms with Crippen molar-refractivity contribution in [3.63, 3.8) is 0 Å². The molecule has 0 radical (unpaired) electrons. The van der Waals surface area contributed by atoms with Gasteiger partial charge in [-0.3, -0.25) is 0 Å². The predicted molar refractivity (Wildman–Crippen MR) is 51.2 cm³/mol. The number of alkyl halides is 6. The van der Waals surface area contributed by atoms with E-state index >= 15 is 0 Å². The van der Waals surface area contributed by atoms with Crippen molar-refractivity contribution >= 4 is 43.5 Å². The summed E-state index contributed by atoms with van der Waals surface area (Å²) in [5.74, 6) is 0. The monoisotopic (exact) mass is 330 g/mol. The second-order valence-corrected chi connectivity index (χ2v) is 4.74. The Morgan fingerprint density at radius 3 is 2.00 bits per heavy atom. The molecular formula is C6H8Br2ClF3. The van der Waals surface area contributed by atoms with Gasteiger partial charge in [-0.15, -0.1) is 0 Å². The topological polar surface area (TPSA) is 0 Å². The molecule has 0 aromatic heterocycles. The molecule has 6 heteroatoms. The minimum atomic E-state index is -3.66. The molecule has 0 spiro atoms. The van der Waals surface area contributed by atoms with Gasteiger partial charge in [-0.2, -0.15) is 8.78 Å². The zero-order valence-corrected chi connectivity index (χ0v) is 10.0. The number of unbranched alkanes of at least 4 members (excludes halogenated alkanes) is 1. The van der Waals surface area contributed by atoms with Crippen molar-refractivity contribution in [1.29, 1.82) is 0 Å². The second-order valence-electron chi connectivity index (χ2n) is 2.35. The highest BCUT2D eigenvalue weighted by molar-refractivity contribution is 9.10. The van der Waals surface area contributed by atoms with Gasteiger partial charge in [-0.05, 0) is 28.8 Å². The number of halogens is 6. The molecule has 0 amide bonds. The molecule has 0 aromatic rings. The normalized spacial score (nSPS) is 17.5. The van der Waals surface area contributed by atoms with Crippen molar-refractivity contribution in [1.82, 2.24) is 0 Å². The maximum Gasteiger partial charge on any atom is 0.348 e. The Morgan fingerprint density at radius 1 is 1.17 bits per heavy atom. The highest BCUT2D eigenvalue weighted by Crippen LogP contribution is 2.44. The summed E-state index contributed by atoms with van der Waals surface area (Å²) in [7, 11) is 0. The van der Waals surface area contributed by atoms with Gasteiger partial charge in [-0.25, -0.2) is 4.39 Å². The maximum absolute atomic E-state index is 12.9. The number of hydrogen-bond donors (Lipinski definition) is 0. The minimum absolute atomic E-state index is 0.326. The highest BCUT2D eigenvalue weighted by Gasteiger charge is 2.50. The molecule has 0 aliphatic rings. The van der Waals surface area contributed by atoms with E-state index in [9.17, 15) is 13.2 Å². The summed E-state index contributed by atoms with van der Waals surface area (Å²) >= 11 is 9.97. The van der Waals surface area contributed by atoms with Crippen LogP contribution in [0.2, 0.25) is 0 Å². The van der Waals surface area contributed by atoms with E-state index < -0.39 is 9.96 Å². The Hall–Kier alpha value is 1.04. The first kappa shape index (κ1) is 13.0. The van der Waals surface area contributed by atoms with Crippen molar-refractivity contribution in [2.75, 3.05) is 5.33 Å². The van der Waals surface area contributed by atoms with Crippen LogP contribution in [0.1, 0.15) is 19.3 Å². The van der Waals surface area contributed by atoms with E-state index in [2.05, 4.69) is 15.9 Å². The summed E-state index contributed by atoms with van der Waals surface area (Å²) in [6, 6.07) is 0. The third-order valence-corrected chi connectivity index (χ3v) is 3.13. The van der Waals surface area contributed by atoms with Gasteiger partial charge >= 0.3 is 4.83 Å². The molecular weight excluding hydrogens is 324 g/mol. The van der Waals surface area contributed by atoms with Gasteiger partial charge in [0.25, 0.3) is 5.13 Å². The molecule has 12 heavy (non-hydrogen) atoms. The predicted octanol–water partition coefficient (Wildman–Crippen LogP) is 4.44. The van der Waals surface area contributed by atoms with Crippen LogP contribution >= 0.6 is 43.5 Å². The average molecular weight is 332 g/mol. The molecule has 0 aromatic carbocycles. The maximum atomic E-state index is 12.9. The third kappa shape index (κ3) is 4.33. The molecule has 74 valence electrons. The summed E-state index contributed by atoms with van der Waals surface area (Å²) < 4.78 is 37.5. The molecule has 0 heterocycles. The van der Waals surface area contributed by atoms with E-state index in [1.54, 1.807) is 0 Å². The van der Waals surface area contributed by atoms with E-state index in [4.69, 9.17) is 11.6 Å². The van der Waals surface area contributed by atoms with Crippen LogP contribution in [-0.2, 0) is 0 Å². The smallest absolute Gasteiger partial charge is 0.218 e. The van der Waals surface area contributed by atoms with Gasteiger partial charge < -0.3 is 0 Å². The van der Waals surface area contributed by atoms with Gasteiger partial charge in [0, 0.05) is 11.8 Å². The van der Waals surface area contributed by atoms with Gasteiger partial charge in [0.1, 0.15) is 0 Å². The number of hydrogen-bond acceptors (Lipinski definition) is 0. The Bertz CT molecular complexity index is 135. The molecule has 0 aliphatic heterocycles. The quantitative estimate of drug-likeness (QED) is 0.516. The summed E-state index contributed by atoms with van der Waals surface area (Å²) in [5.41, 5.74) is 0. The SMILES string of the molecule is FC(F)(Br)[C@@](F)(Cl)CCCCBr. The van der Waals surface area contributed by atoms with Crippen LogP contribution in [0.15, 0.2) is 0 Å². The lowest BCUT2D eigenvalue weighted by atomic mass is 10.2. The van der Waals surface area contributed by atoms with Crippen LogP contribution in [0.4, 0.5) is 13.2 Å². The van der Waals surface area contributed by atoms with Crippen molar-refractivity contribution in [3.8, 4) is 0 Å². The van der Waals surface area contributed by atoms with Gasteiger partial charge in [0.2, 0.25) is 0 Å². The first-order chi connectivity index (χ1) is 5.31. The molecule has 1 atom stereocenters. The molecule has 0 saturated heterocycles. The van der Waals surface area contributed by atoms with Gasteiger partial charge in [0.15, 0.2) is 0 Å². The first-order valence-electron chi connectivity index (χ1n) is 3.32. The molecule has 0 fully saturated rings. The lowest BCUT2D eigenvalue weighted by Gasteiger charge is -2.22. The Labute approximate surface area is 91.1 Å². The molecule has 0 rings (SSSR count). The lowest BCUT2D eigenvalue weighted by molar-refractivity contribution is -0.0104. The zero-order valence-electron chi connectivity index (χ0n) is 6.10. The second kappa shape index (κ2) is 5.05.